The van der Waals surface area contributed by atoms with Gasteiger partial charge in [-0.25, -0.2) is 4.98 Å². The summed E-state index contributed by atoms with van der Waals surface area (Å²) in [5.41, 5.74) is 2.79. The van der Waals surface area contributed by atoms with E-state index in [1.807, 2.05) is 30.3 Å². The molecule has 2 aromatic carbocycles. The van der Waals surface area contributed by atoms with Crippen molar-refractivity contribution < 1.29 is 14.6 Å². The molecule has 1 aliphatic heterocycles. The predicted molar refractivity (Wildman–Crippen MR) is 121 cm³/mol. The van der Waals surface area contributed by atoms with Gasteiger partial charge < -0.3 is 19.9 Å². The highest BCUT2D eigenvalue weighted by molar-refractivity contribution is 7.98. The summed E-state index contributed by atoms with van der Waals surface area (Å²) in [5, 5.41) is 33.3. The molecule has 0 saturated carbocycles. The first-order valence-corrected chi connectivity index (χ1v) is 11.0. The molecule has 0 radical (unpaired) electrons. The molecule has 2 N–H and O–H groups in total. The molecule has 0 fully saturated rings. The maximum Gasteiger partial charge on any atom is 0.231 e. The number of aromatic nitrogens is 1. The van der Waals surface area contributed by atoms with E-state index in [1.54, 1.807) is 25.1 Å². The monoisotopic (exact) mass is 444 g/mol. The van der Waals surface area contributed by atoms with E-state index in [4.69, 9.17) is 9.47 Å². The van der Waals surface area contributed by atoms with Gasteiger partial charge in [0.15, 0.2) is 11.5 Å². The molecule has 32 heavy (non-hydrogen) atoms. The molecule has 2 heterocycles. The molecule has 0 amide bonds. The lowest BCUT2D eigenvalue weighted by Gasteiger charge is -2.17. The number of hydrogen-bond acceptors (Lipinski definition) is 8. The van der Waals surface area contributed by atoms with E-state index in [0.29, 0.717) is 44.8 Å². The Bertz CT molecular complexity index is 1220. The van der Waals surface area contributed by atoms with Gasteiger partial charge in [0, 0.05) is 17.9 Å². The average molecular weight is 445 g/mol. The number of hydrogen-bond donors (Lipinski definition) is 2. The molecule has 1 unspecified atom stereocenters. The van der Waals surface area contributed by atoms with E-state index < -0.39 is 6.10 Å². The van der Waals surface area contributed by atoms with Gasteiger partial charge in [-0.2, -0.15) is 10.5 Å². The minimum Gasteiger partial charge on any atom is -0.454 e. The third-order valence-corrected chi connectivity index (χ3v) is 5.88. The molecule has 7 nitrogen and oxygen atoms in total. The first-order chi connectivity index (χ1) is 15.6. The van der Waals surface area contributed by atoms with Gasteiger partial charge in [-0.05, 0) is 30.2 Å². The van der Waals surface area contributed by atoms with E-state index in [9.17, 15) is 15.6 Å². The average Bonchev–Trinajstić information content (AvgIpc) is 3.29. The number of rotatable bonds is 7. The third-order valence-electron chi connectivity index (χ3n) is 4.83. The van der Waals surface area contributed by atoms with Crippen LogP contribution in [0.25, 0.3) is 11.1 Å². The van der Waals surface area contributed by atoms with E-state index in [2.05, 4.69) is 22.4 Å². The second-order valence-electron chi connectivity index (χ2n) is 7.19. The van der Waals surface area contributed by atoms with Crippen molar-refractivity contribution in [1.29, 1.82) is 10.5 Å². The lowest BCUT2D eigenvalue weighted by molar-refractivity contribution is 0.174. The van der Waals surface area contributed by atoms with E-state index in [0.717, 1.165) is 5.56 Å². The van der Waals surface area contributed by atoms with Gasteiger partial charge in [0.1, 0.15) is 28.5 Å². The van der Waals surface area contributed by atoms with E-state index >= 15 is 0 Å². The van der Waals surface area contributed by atoms with Crippen molar-refractivity contribution >= 4 is 17.6 Å². The van der Waals surface area contributed by atoms with Crippen LogP contribution >= 0.6 is 11.8 Å². The molecular formula is C24H20N4O3S. The number of fused-ring (bicyclic) bond motifs is 1. The van der Waals surface area contributed by atoms with Gasteiger partial charge in [-0.3, -0.25) is 0 Å². The quantitative estimate of drug-likeness (QED) is 0.519. The van der Waals surface area contributed by atoms with Gasteiger partial charge in [0.05, 0.1) is 11.7 Å². The van der Waals surface area contributed by atoms with Crippen LogP contribution in [0, 0.1) is 22.7 Å². The Morgan fingerprint density at radius 2 is 1.84 bits per heavy atom. The summed E-state index contributed by atoms with van der Waals surface area (Å²) in [6.07, 6.45) is -0.631. The molecule has 1 aromatic heterocycles. The number of nitrogens with zero attached hydrogens (tertiary/aromatic N) is 3. The number of nitrogens with one attached hydrogen (secondary N) is 1. The molecule has 0 aliphatic carbocycles. The molecule has 1 atom stereocenters. The number of ether oxygens (including phenoxy) is 2. The standard InChI is InChI=1S/C24H20N4O3S/c1-15(29)12-27-23-18(10-25)22(17-7-8-20-21(9-17)31-14-30-20)19(11-26)24(28-23)32-13-16-5-3-2-4-6-16/h2-9,15,29H,12-14H2,1H3,(H,27,28). The molecule has 8 heteroatoms. The minimum atomic E-state index is -0.631. The number of benzene rings is 2. The van der Waals surface area contributed by atoms with Gasteiger partial charge in [0.25, 0.3) is 0 Å². The molecule has 3 aromatic rings. The second kappa shape index (κ2) is 9.61. The Hall–Kier alpha value is -3.72. The summed E-state index contributed by atoms with van der Waals surface area (Å²) >= 11 is 1.43. The predicted octanol–water partition coefficient (Wildman–Crippen LogP) is 4.31. The number of nitriles is 2. The topological polar surface area (TPSA) is 111 Å². The number of thioether (sulfide) groups is 1. The fourth-order valence-corrected chi connectivity index (χ4v) is 4.26. The molecule has 0 spiro atoms. The van der Waals surface area contributed by atoms with E-state index in [-0.39, 0.29) is 18.9 Å². The molecule has 1 aliphatic rings. The van der Waals surface area contributed by atoms with Gasteiger partial charge in [0.2, 0.25) is 6.79 Å². The Kier molecular flexibility index (Phi) is 6.46. The normalized spacial score (nSPS) is 12.6. The van der Waals surface area contributed by atoms with Crippen LogP contribution in [0.2, 0.25) is 0 Å². The summed E-state index contributed by atoms with van der Waals surface area (Å²) < 4.78 is 10.9. The van der Waals surface area contributed by atoms with Gasteiger partial charge in [-0.15, -0.1) is 11.8 Å². The van der Waals surface area contributed by atoms with Gasteiger partial charge >= 0.3 is 0 Å². The number of aliphatic hydroxyl groups is 1. The fraction of sp³-hybridized carbons (Fsp3) is 0.208. The Labute approximate surface area is 190 Å². The molecule has 4 rings (SSSR count). The Morgan fingerprint density at radius 1 is 1.09 bits per heavy atom. The number of anilines is 1. The van der Waals surface area contributed by atoms with Crippen LogP contribution in [0.4, 0.5) is 5.82 Å². The van der Waals surface area contributed by atoms with E-state index in [1.165, 1.54) is 11.8 Å². The summed E-state index contributed by atoms with van der Waals surface area (Å²) in [6, 6.07) is 19.7. The number of pyridine rings is 1. The maximum absolute atomic E-state index is 10.1. The zero-order valence-corrected chi connectivity index (χ0v) is 18.1. The smallest absolute Gasteiger partial charge is 0.231 e. The lowest BCUT2D eigenvalue weighted by Crippen LogP contribution is -2.17. The summed E-state index contributed by atoms with van der Waals surface area (Å²) in [6.45, 7) is 1.99. The van der Waals surface area contributed by atoms with Crippen molar-refractivity contribution in [3.63, 3.8) is 0 Å². The fourth-order valence-electron chi connectivity index (χ4n) is 3.32. The van der Waals surface area contributed by atoms with Crippen LogP contribution in [-0.4, -0.2) is 29.5 Å². The first-order valence-electron chi connectivity index (χ1n) is 9.97. The van der Waals surface area contributed by atoms with Crippen LogP contribution in [0.15, 0.2) is 53.6 Å². The van der Waals surface area contributed by atoms with Crippen molar-refractivity contribution in [2.75, 3.05) is 18.7 Å². The molecule has 0 saturated heterocycles. The molecule has 160 valence electrons. The largest absolute Gasteiger partial charge is 0.454 e. The lowest BCUT2D eigenvalue weighted by atomic mass is 9.96. The van der Waals surface area contributed by atoms with Crippen LogP contribution in [0.3, 0.4) is 0 Å². The molecular weight excluding hydrogens is 424 g/mol. The molecule has 0 bridgehead atoms. The van der Waals surface area contributed by atoms with Crippen molar-refractivity contribution in [2.45, 2.75) is 23.8 Å². The third kappa shape index (κ3) is 4.47. The van der Waals surface area contributed by atoms with Crippen LogP contribution < -0.4 is 14.8 Å². The summed E-state index contributed by atoms with van der Waals surface area (Å²) in [4.78, 5) is 4.60. The van der Waals surface area contributed by atoms with Crippen molar-refractivity contribution in [3.05, 3.63) is 65.2 Å². The van der Waals surface area contributed by atoms with Crippen LogP contribution in [-0.2, 0) is 5.75 Å². The van der Waals surface area contributed by atoms with Gasteiger partial charge in [-0.1, -0.05) is 36.4 Å². The highest BCUT2D eigenvalue weighted by Gasteiger charge is 2.24. The maximum atomic E-state index is 10.1. The zero-order valence-electron chi connectivity index (χ0n) is 17.3. The van der Waals surface area contributed by atoms with Crippen molar-refractivity contribution in [3.8, 4) is 34.8 Å². The van der Waals surface area contributed by atoms with Crippen molar-refractivity contribution in [1.82, 2.24) is 4.98 Å². The first kappa shape index (κ1) is 21.5. The van der Waals surface area contributed by atoms with Crippen LogP contribution in [0.5, 0.6) is 11.5 Å². The van der Waals surface area contributed by atoms with Crippen LogP contribution in [0.1, 0.15) is 23.6 Å². The highest BCUT2D eigenvalue weighted by Crippen LogP contribution is 2.41. The summed E-state index contributed by atoms with van der Waals surface area (Å²) in [5.74, 6) is 2.12. The number of aliphatic hydroxyl groups excluding tert-OH is 1. The van der Waals surface area contributed by atoms with Crippen molar-refractivity contribution in [2.24, 2.45) is 0 Å². The summed E-state index contributed by atoms with van der Waals surface area (Å²) in [7, 11) is 0. The minimum absolute atomic E-state index is 0.130. The zero-order chi connectivity index (χ0) is 22.5. The second-order valence-corrected chi connectivity index (χ2v) is 8.15. The highest BCUT2D eigenvalue weighted by atomic mass is 32.2. The SMILES string of the molecule is CC(O)CNc1nc(SCc2ccccc2)c(C#N)c(-c2ccc3c(c2)OCO3)c1C#N. The Balaban J connectivity index is 1.84. The Morgan fingerprint density at radius 3 is 2.56 bits per heavy atom.